The van der Waals surface area contributed by atoms with Gasteiger partial charge in [0.25, 0.3) is 0 Å². The van der Waals surface area contributed by atoms with E-state index in [1.165, 1.54) is 0 Å². The summed E-state index contributed by atoms with van der Waals surface area (Å²) in [6.45, 7) is 3.16. The van der Waals surface area contributed by atoms with Crippen molar-refractivity contribution in [3.8, 4) is 5.75 Å². The highest BCUT2D eigenvalue weighted by Crippen LogP contribution is 2.17. The summed E-state index contributed by atoms with van der Waals surface area (Å²) in [6.07, 6.45) is 1.26. The molecule has 2 N–H and O–H groups in total. The van der Waals surface area contributed by atoms with E-state index in [1.54, 1.807) is 4.68 Å². The van der Waals surface area contributed by atoms with E-state index < -0.39 is 0 Å². The maximum Gasteiger partial charge on any atom is 0.119 e. The fraction of sp³-hybridized carbons (Fsp3) is 0.467. The average Bonchev–Trinajstić information content (AvgIpc) is 2.89. The second-order valence-electron chi connectivity index (χ2n) is 4.69. The highest BCUT2D eigenvalue weighted by Gasteiger charge is 2.12. The molecule has 2 aromatic rings. The van der Waals surface area contributed by atoms with Crippen LogP contribution in [0.2, 0.25) is 0 Å². The number of rotatable bonds is 8. The van der Waals surface area contributed by atoms with Crippen LogP contribution in [0, 0.1) is 0 Å². The highest BCUT2D eigenvalue weighted by molar-refractivity contribution is 5.30. The Morgan fingerprint density at radius 1 is 1.19 bits per heavy atom. The Morgan fingerprint density at radius 3 is 2.57 bits per heavy atom. The Kier molecular flexibility index (Phi) is 5.71. The number of aromatic nitrogens is 3. The molecule has 0 unspecified atom stereocenters. The molecule has 0 aliphatic carbocycles. The molecule has 1 aromatic heterocycles. The Morgan fingerprint density at radius 2 is 1.95 bits per heavy atom. The van der Waals surface area contributed by atoms with Gasteiger partial charge in [0, 0.05) is 19.6 Å². The highest BCUT2D eigenvalue weighted by atomic mass is 16.5. The predicted molar refractivity (Wildman–Crippen MR) is 78.1 cm³/mol. The zero-order valence-electron chi connectivity index (χ0n) is 12.2. The molecule has 1 aromatic carbocycles. The molecular weight excluding hydrogens is 270 g/mol. The van der Waals surface area contributed by atoms with Crippen LogP contribution in [0.3, 0.4) is 0 Å². The molecule has 0 saturated heterocycles. The molecule has 21 heavy (non-hydrogen) atoms. The van der Waals surface area contributed by atoms with E-state index in [2.05, 4.69) is 10.3 Å². The number of aliphatic hydroxyl groups excluding tert-OH is 2. The first kappa shape index (κ1) is 15.5. The second-order valence-corrected chi connectivity index (χ2v) is 4.69. The maximum absolute atomic E-state index is 9.36. The Labute approximate surface area is 124 Å². The fourth-order valence-electron chi connectivity index (χ4n) is 2.15. The van der Waals surface area contributed by atoms with Crippen molar-refractivity contribution in [2.24, 2.45) is 0 Å². The summed E-state index contributed by atoms with van der Waals surface area (Å²) in [5, 5.41) is 26.3. The van der Waals surface area contributed by atoms with Crippen LogP contribution in [0.25, 0.3) is 0 Å². The van der Waals surface area contributed by atoms with Crippen LogP contribution in [-0.2, 0) is 19.6 Å². The Balaban J connectivity index is 2.15. The Hall–Kier alpha value is -1.92. The lowest BCUT2D eigenvalue weighted by molar-refractivity contribution is 0.273. The van der Waals surface area contributed by atoms with Gasteiger partial charge in [-0.25, -0.2) is 4.68 Å². The molecule has 0 bridgehead atoms. The number of hydrogen-bond acceptors (Lipinski definition) is 5. The first-order chi connectivity index (χ1) is 10.3. The minimum Gasteiger partial charge on any atom is -0.494 e. The van der Waals surface area contributed by atoms with E-state index >= 15 is 0 Å². The Bertz CT molecular complexity index is 552. The van der Waals surface area contributed by atoms with Crippen LogP contribution < -0.4 is 4.74 Å². The molecule has 0 atom stereocenters. The van der Waals surface area contributed by atoms with Gasteiger partial charge in [0.2, 0.25) is 0 Å². The normalized spacial score (nSPS) is 10.8. The molecule has 114 valence electrons. The third kappa shape index (κ3) is 4.03. The number of aliphatic hydroxyl groups is 2. The van der Waals surface area contributed by atoms with Gasteiger partial charge in [0.1, 0.15) is 11.4 Å². The lowest BCUT2D eigenvalue weighted by Gasteiger charge is -2.08. The van der Waals surface area contributed by atoms with Gasteiger partial charge in [-0.2, -0.15) is 0 Å². The van der Waals surface area contributed by atoms with Crippen molar-refractivity contribution < 1.29 is 14.9 Å². The van der Waals surface area contributed by atoms with Gasteiger partial charge in [0.05, 0.1) is 18.9 Å². The molecule has 0 saturated carbocycles. The molecule has 0 amide bonds. The topological polar surface area (TPSA) is 80.4 Å². The summed E-state index contributed by atoms with van der Waals surface area (Å²) in [5.41, 5.74) is 2.57. The number of nitrogens with zero attached hydrogens (tertiary/aromatic N) is 3. The zero-order valence-corrected chi connectivity index (χ0v) is 12.2. The van der Waals surface area contributed by atoms with E-state index in [9.17, 15) is 5.11 Å². The molecule has 0 radical (unpaired) electrons. The molecular formula is C15H21N3O3. The van der Waals surface area contributed by atoms with Crippen molar-refractivity contribution in [3.63, 3.8) is 0 Å². The first-order valence-corrected chi connectivity index (χ1v) is 7.13. The van der Waals surface area contributed by atoms with Crippen LogP contribution in [0.5, 0.6) is 5.75 Å². The van der Waals surface area contributed by atoms with Crippen molar-refractivity contribution in [1.82, 2.24) is 15.0 Å². The predicted octanol–water partition coefficient (Wildman–Crippen LogP) is 1.14. The fourth-order valence-corrected chi connectivity index (χ4v) is 2.15. The molecule has 0 aliphatic rings. The third-order valence-corrected chi connectivity index (χ3v) is 3.20. The van der Waals surface area contributed by atoms with Crippen molar-refractivity contribution in [2.75, 3.05) is 13.2 Å². The summed E-state index contributed by atoms with van der Waals surface area (Å²) < 4.78 is 7.17. The minimum atomic E-state index is -0.133. The van der Waals surface area contributed by atoms with Crippen LogP contribution in [0.4, 0.5) is 0 Å². The second kappa shape index (κ2) is 7.75. The number of aryl methyl sites for hydroxylation is 1. The van der Waals surface area contributed by atoms with Gasteiger partial charge < -0.3 is 14.9 Å². The van der Waals surface area contributed by atoms with E-state index in [4.69, 9.17) is 9.84 Å². The zero-order chi connectivity index (χ0) is 15.1. The summed E-state index contributed by atoms with van der Waals surface area (Å²) in [7, 11) is 0. The largest absolute Gasteiger partial charge is 0.494 e. The smallest absolute Gasteiger partial charge is 0.119 e. The quantitative estimate of drug-likeness (QED) is 0.762. The van der Waals surface area contributed by atoms with Crippen LogP contribution >= 0.6 is 0 Å². The van der Waals surface area contributed by atoms with Gasteiger partial charge in [-0.05, 0) is 31.0 Å². The molecule has 0 spiro atoms. The third-order valence-electron chi connectivity index (χ3n) is 3.20. The van der Waals surface area contributed by atoms with Crippen molar-refractivity contribution in [1.29, 1.82) is 0 Å². The number of ether oxygens (including phenoxy) is 1. The van der Waals surface area contributed by atoms with Crippen molar-refractivity contribution in [3.05, 3.63) is 41.2 Å². The monoisotopic (exact) mass is 291 g/mol. The number of benzene rings is 1. The molecule has 6 nitrogen and oxygen atoms in total. The molecule has 0 aliphatic heterocycles. The van der Waals surface area contributed by atoms with Crippen LogP contribution in [-0.4, -0.2) is 38.4 Å². The summed E-state index contributed by atoms with van der Waals surface area (Å²) in [5.74, 6) is 0.843. The van der Waals surface area contributed by atoms with Gasteiger partial charge in [-0.3, -0.25) is 0 Å². The van der Waals surface area contributed by atoms with Crippen molar-refractivity contribution in [2.45, 2.75) is 32.9 Å². The van der Waals surface area contributed by atoms with Crippen LogP contribution in [0.15, 0.2) is 24.3 Å². The lowest BCUT2D eigenvalue weighted by Crippen LogP contribution is -2.08. The molecule has 6 heteroatoms. The van der Waals surface area contributed by atoms with E-state index in [-0.39, 0.29) is 13.2 Å². The van der Waals surface area contributed by atoms with Gasteiger partial charge >= 0.3 is 0 Å². The van der Waals surface area contributed by atoms with E-state index in [0.29, 0.717) is 31.7 Å². The molecule has 0 fully saturated rings. The van der Waals surface area contributed by atoms with Gasteiger partial charge in [-0.15, -0.1) is 5.10 Å². The van der Waals surface area contributed by atoms with Crippen molar-refractivity contribution >= 4 is 0 Å². The lowest BCUT2D eigenvalue weighted by atomic mass is 10.1. The summed E-state index contributed by atoms with van der Waals surface area (Å²) in [6, 6.07) is 7.85. The maximum atomic E-state index is 9.36. The van der Waals surface area contributed by atoms with Gasteiger partial charge in [-0.1, -0.05) is 17.3 Å². The SMILES string of the molecule is CCOc1ccc(Cc2c(CO)nnn2CCCO)cc1. The standard InChI is InChI=1S/C15H21N3O3/c1-2-21-13-6-4-12(5-7-13)10-15-14(11-20)16-17-18(15)8-3-9-19/h4-7,19-20H,2-3,8-11H2,1H3. The summed E-state index contributed by atoms with van der Waals surface area (Å²) >= 11 is 0. The van der Waals surface area contributed by atoms with E-state index in [1.807, 2.05) is 31.2 Å². The average molecular weight is 291 g/mol. The van der Waals surface area contributed by atoms with Crippen LogP contribution in [0.1, 0.15) is 30.3 Å². The van der Waals surface area contributed by atoms with Gasteiger partial charge in [0.15, 0.2) is 0 Å². The molecule has 1 heterocycles. The minimum absolute atomic E-state index is 0.108. The first-order valence-electron chi connectivity index (χ1n) is 7.13. The number of hydrogen-bond donors (Lipinski definition) is 2. The molecule has 2 rings (SSSR count). The summed E-state index contributed by atoms with van der Waals surface area (Å²) in [4.78, 5) is 0. The van der Waals surface area contributed by atoms with E-state index in [0.717, 1.165) is 17.0 Å².